The van der Waals surface area contributed by atoms with Gasteiger partial charge in [0.25, 0.3) is 11.5 Å². The van der Waals surface area contributed by atoms with E-state index in [-0.39, 0.29) is 12.5 Å². The maximum absolute atomic E-state index is 12.5. The summed E-state index contributed by atoms with van der Waals surface area (Å²) in [6, 6.07) is 7.08. The number of carbonyl (C=O) groups is 2. The van der Waals surface area contributed by atoms with E-state index in [1.807, 2.05) is 0 Å². The van der Waals surface area contributed by atoms with Gasteiger partial charge in [-0.2, -0.15) is 4.98 Å². The molecule has 1 aromatic carbocycles. The predicted octanol–water partition coefficient (Wildman–Crippen LogP) is 2.51. The third-order valence-corrected chi connectivity index (χ3v) is 5.44. The molecule has 0 bridgehead atoms. The van der Waals surface area contributed by atoms with Crippen LogP contribution in [0.1, 0.15) is 59.8 Å². The minimum Gasteiger partial charge on any atom is -0.494 e. The fourth-order valence-corrected chi connectivity index (χ4v) is 3.82. The van der Waals surface area contributed by atoms with Gasteiger partial charge in [-0.15, -0.1) is 0 Å². The van der Waals surface area contributed by atoms with Crippen molar-refractivity contribution in [1.29, 1.82) is 0 Å². The number of nitrogens with one attached hydrogen (secondary N) is 1. The molecular formula is C20H22ClN3O5. The summed E-state index contributed by atoms with van der Waals surface area (Å²) in [6.07, 6.45) is 4.76. The monoisotopic (exact) mass is 419 g/mol. The zero-order valence-electron chi connectivity index (χ0n) is 15.7. The highest BCUT2D eigenvalue weighted by molar-refractivity contribution is 6.31. The number of carboxylic acid groups (broad SMARTS) is 1. The number of aliphatic carboxylic acids is 1. The number of benzene rings is 1. The number of hydrogen-bond acceptors (Lipinski definition) is 5. The number of aromatic nitrogens is 2. The first-order chi connectivity index (χ1) is 13.9. The average Bonchev–Trinajstić information content (AvgIpc) is 2.70. The van der Waals surface area contributed by atoms with Gasteiger partial charge in [0.15, 0.2) is 5.56 Å². The van der Waals surface area contributed by atoms with E-state index in [9.17, 15) is 19.5 Å². The second-order valence-electron chi connectivity index (χ2n) is 7.06. The molecule has 8 nitrogen and oxygen atoms in total. The van der Waals surface area contributed by atoms with Crippen LogP contribution in [0.15, 0.2) is 29.1 Å². The molecule has 3 N–H and O–H groups in total. The number of amides is 1. The second kappa shape index (κ2) is 9.09. The molecule has 29 heavy (non-hydrogen) atoms. The summed E-state index contributed by atoms with van der Waals surface area (Å²) < 4.78 is 1.44. The Morgan fingerprint density at radius 1 is 1.21 bits per heavy atom. The van der Waals surface area contributed by atoms with Crippen LogP contribution in [0, 0.1) is 0 Å². The molecule has 0 unspecified atom stereocenters. The van der Waals surface area contributed by atoms with Crippen molar-refractivity contribution >= 4 is 23.5 Å². The van der Waals surface area contributed by atoms with E-state index < -0.39 is 35.4 Å². The Morgan fingerprint density at radius 2 is 1.90 bits per heavy atom. The van der Waals surface area contributed by atoms with E-state index in [0.717, 1.165) is 32.1 Å². The van der Waals surface area contributed by atoms with Crippen LogP contribution >= 0.6 is 11.6 Å². The SMILES string of the molecule is O=C(O)CNC(=O)c1c(O)n(Cc2ccccc2Cl)c(C2CCCCC2)nc1=O. The number of aromatic hydroxyl groups is 1. The highest BCUT2D eigenvalue weighted by Gasteiger charge is 2.27. The van der Waals surface area contributed by atoms with Gasteiger partial charge in [0.05, 0.1) is 6.54 Å². The third kappa shape index (κ3) is 4.76. The third-order valence-electron chi connectivity index (χ3n) is 5.07. The van der Waals surface area contributed by atoms with Crippen LogP contribution < -0.4 is 10.9 Å². The van der Waals surface area contributed by atoms with Gasteiger partial charge in [0.1, 0.15) is 12.4 Å². The lowest BCUT2D eigenvalue weighted by molar-refractivity contribution is -0.135. The van der Waals surface area contributed by atoms with Crippen LogP contribution in [0.5, 0.6) is 5.88 Å². The Balaban J connectivity index is 2.08. The van der Waals surface area contributed by atoms with E-state index in [0.29, 0.717) is 16.4 Å². The van der Waals surface area contributed by atoms with Crippen LogP contribution in [-0.2, 0) is 11.3 Å². The molecule has 1 saturated carbocycles. The Bertz CT molecular complexity index is 983. The normalized spacial score (nSPS) is 14.5. The first-order valence-electron chi connectivity index (χ1n) is 9.45. The number of nitrogens with zero attached hydrogens (tertiary/aromatic N) is 2. The number of rotatable bonds is 6. The maximum Gasteiger partial charge on any atom is 0.322 e. The fourth-order valence-electron chi connectivity index (χ4n) is 3.63. The maximum atomic E-state index is 12.5. The Hall–Kier alpha value is -2.87. The number of carbonyl (C=O) groups excluding carboxylic acids is 1. The summed E-state index contributed by atoms with van der Waals surface area (Å²) in [5.74, 6) is -2.37. The lowest BCUT2D eigenvalue weighted by Crippen LogP contribution is -2.35. The zero-order chi connectivity index (χ0) is 21.0. The van der Waals surface area contributed by atoms with Gasteiger partial charge in [-0.25, -0.2) is 0 Å². The van der Waals surface area contributed by atoms with Crippen LogP contribution in [0.25, 0.3) is 0 Å². The topological polar surface area (TPSA) is 122 Å². The van der Waals surface area contributed by atoms with Crippen molar-refractivity contribution in [2.24, 2.45) is 0 Å². The highest BCUT2D eigenvalue weighted by Crippen LogP contribution is 2.33. The lowest BCUT2D eigenvalue weighted by atomic mass is 9.88. The number of halogens is 1. The van der Waals surface area contributed by atoms with Crippen molar-refractivity contribution in [1.82, 2.24) is 14.9 Å². The van der Waals surface area contributed by atoms with E-state index in [4.69, 9.17) is 16.7 Å². The van der Waals surface area contributed by atoms with Gasteiger partial charge in [0.2, 0.25) is 5.88 Å². The van der Waals surface area contributed by atoms with Crippen molar-refractivity contribution in [3.63, 3.8) is 0 Å². The summed E-state index contributed by atoms with van der Waals surface area (Å²) in [5.41, 5.74) is -0.747. The molecule has 1 aliphatic rings. The van der Waals surface area contributed by atoms with Gasteiger partial charge < -0.3 is 15.5 Å². The lowest BCUT2D eigenvalue weighted by Gasteiger charge is -2.25. The minimum atomic E-state index is -1.26. The molecule has 0 aliphatic heterocycles. The van der Waals surface area contributed by atoms with Crippen LogP contribution in [0.3, 0.4) is 0 Å². The van der Waals surface area contributed by atoms with Crippen LogP contribution in [-0.4, -0.2) is 38.2 Å². The molecule has 1 amide bonds. The van der Waals surface area contributed by atoms with Crippen molar-refractivity contribution in [2.75, 3.05) is 6.54 Å². The molecule has 0 atom stereocenters. The van der Waals surface area contributed by atoms with Gasteiger partial charge in [0, 0.05) is 10.9 Å². The largest absolute Gasteiger partial charge is 0.494 e. The summed E-state index contributed by atoms with van der Waals surface area (Å²) in [7, 11) is 0. The van der Waals surface area contributed by atoms with Crippen molar-refractivity contribution in [3.8, 4) is 5.88 Å². The molecule has 0 spiro atoms. The molecule has 1 fully saturated rings. The Labute approximate surface area is 172 Å². The van der Waals surface area contributed by atoms with Crippen molar-refractivity contribution < 1.29 is 19.8 Å². The van der Waals surface area contributed by atoms with Gasteiger partial charge in [-0.1, -0.05) is 49.1 Å². The van der Waals surface area contributed by atoms with Crippen LogP contribution in [0.4, 0.5) is 0 Å². The first-order valence-corrected chi connectivity index (χ1v) is 9.83. The van der Waals surface area contributed by atoms with Crippen molar-refractivity contribution in [2.45, 2.75) is 44.6 Å². The first kappa shape index (κ1) is 20.9. The minimum absolute atomic E-state index is 0.0130. The predicted molar refractivity (Wildman–Crippen MR) is 107 cm³/mol. The molecule has 1 heterocycles. The van der Waals surface area contributed by atoms with E-state index in [1.165, 1.54) is 4.57 Å². The standard InChI is InChI=1S/C20H22ClN3O5/c21-14-9-5-4-8-13(14)11-24-17(12-6-2-1-3-7-12)23-19(28)16(20(24)29)18(27)22-10-15(25)26/h4-5,8-9,12,29H,1-3,6-7,10-11H2,(H,22,27)(H,25,26). The Morgan fingerprint density at radius 3 is 2.55 bits per heavy atom. The molecule has 154 valence electrons. The molecular weight excluding hydrogens is 398 g/mol. The molecule has 0 radical (unpaired) electrons. The molecule has 2 aromatic rings. The summed E-state index contributed by atoms with van der Waals surface area (Å²) in [6.45, 7) is -0.545. The Kier molecular flexibility index (Phi) is 6.53. The van der Waals surface area contributed by atoms with Crippen molar-refractivity contribution in [3.05, 3.63) is 56.6 Å². The number of carboxylic acids is 1. The quantitative estimate of drug-likeness (QED) is 0.661. The van der Waals surface area contributed by atoms with Crippen LogP contribution in [0.2, 0.25) is 5.02 Å². The molecule has 1 aromatic heterocycles. The van der Waals surface area contributed by atoms with Gasteiger partial charge in [-0.05, 0) is 24.5 Å². The second-order valence-corrected chi connectivity index (χ2v) is 7.47. The summed E-state index contributed by atoms with van der Waals surface area (Å²) in [4.78, 5) is 39.7. The average molecular weight is 420 g/mol. The smallest absolute Gasteiger partial charge is 0.322 e. The fraction of sp³-hybridized carbons (Fsp3) is 0.400. The van der Waals surface area contributed by atoms with E-state index >= 15 is 0 Å². The summed E-state index contributed by atoms with van der Waals surface area (Å²) >= 11 is 6.26. The van der Waals surface area contributed by atoms with E-state index in [1.54, 1.807) is 24.3 Å². The molecule has 9 heteroatoms. The molecule has 3 rings (SSSR count). The number of hydrogen-bond donors (Lipinski definition) is 3. The molecule has 0 saturated heterocycles. The van der Waals surface area contributed by atoms with Gasteiger partial charge in [-0.3, -0.25) is 19.0 Å². The van der Waals surface area contributed by atoms with E-state index in [2.05, 4.69) is 10.3 Å². The highest BCUT2D eigenvalue weighted by atomic mass is 35.5. The zero-order valence-corrected chi connectivity index (χ0v) is 16.5. The van der Waals surface area contributed by atoms with Gasteiger partial charge >= 0.3 is 5.97 Å². The molecule has 1 aliphatic carbocycles. The summed E-state index contributed by atoms with van der Waals surface area (Å²) in [5, 5.41) is 22.2.